The Morgan fingerprint density at radius 3 is 2.59 bits per heavy atom. The van der Waals surface area contributed by atoms with E-state index in [0.717, 1.165) is 27.0 Å². The van der Waals surface area contributed by atoms with Crippen LogP contribution in [0.2, 0.25) is 0 Å². The van der Waals surface area contributed by atoms with Crippen molar-refractivity contribution in [1.82, 2.24) is 5.32 Å². The number of nitrogens with one attached hydrogen (secondary N) is 2. The number of benzene rings is 3. The maximum atomic E-state index is 12.4. The fraction of sp³-hybridized carbons (Fsp3) is 0.130. The number of thiocarbonyl (C=S) groups is 1. The van der Waals surface area contributed by atoms with Gasteiger partial charge in [0.25, 0.3) is 5.91 Å². The van der Waals surface area contributed by atoms with Crippen LogP contribution in [0.25, 0.3) is 0 Å². The number of amides is 1. The molecule has 148 valence electrons. The molecule has 29 heavy (non-hydrogen) atoms. The first kappa shape index (κ1) is 21.3. The molecule has 0 spiro atoms. The molecule has 0 saturated heterocycles. The number of carbonyl (C=O) groups is 1. The second kappa shape index (κ2) is 10.4. The van der Waals surface area contributed by atoms with Crippen LogP contribution in [0.3, 0.4) is 0 Å². The highest BCUT2D eigenvalue weighted by Gasteiger charge is 2.09. The lowest BCUT2D eigenvalue weighted by molar-refractivity contribution is 0.0977. The molecule has 1 amide bonds. The lowest BCUT2D eigenvalue weighted by Gasteiger charge is -2.12. The number of carbonyl (C=O) groups excluding carboxylic acids is 1. The molecule has 0 aliphatic carbocycles. The predicted molar refractivity (Wildman–Crippen MR) is 130 cm³/mol. The monoisotopic (exact) mass is 516 g/mol. The zero-order valence-corrected chi connectivity index (χ0v) is 18.9. The van der Waals surface area contributed by atoms with Crippen molar-refractivity contribution < 1.29 is 9.53 Å². The Kier molecular flexibility index (Phi) is 7.60. The van der Waals surface area contributed by atoms with Gasteiger partial charge in [-0.25, -0.2) is 0 Å². The van der Waals surface area contributed by atoms with E-state index in [1.807, 2.05) is 61.5 Å². The number of anilines is 1. The molecule has 0 saturated carbocycles. The van der Waals surface area contributed by atoms with Gasteiger partial charge in [-0.2, -0.15) is 0 Å². The van der Waals surface area contributed by atoms with Gasteiger partial charge in [0.15, 0.2) is 5.11 Å². The molecule has 0 atom stereocenters. The summed E-state index contributed by atoms with van der Waals surface area (Å²) >= 11 is 7.49. The summed E-state index contributed by atoms with van der Waals surface area (Å²) in [4.78, 5) is 12.4. The van der Waals surface area contributed by atoms with Gasteiger partial charge in [0.05, 0.1) is 6.61 Å². The fourth-order valence-corrected chi connectivity index (χ4v) is 3.39. The van der Waals surface area contributed by atoms with Crippen molar-refractivity contribution in [3.63, 3.8) is 0 Å². The molecule has 6 heteroatoms. The number of hydrogen-bond acceptors (Lipinski definition) is 3. The van der Waals surface area contributed by atoms with Gasteiger partial charge in [-0.15, -0.1) is 0 Å². The second-order valence-electron chi connectivity index (χ2n) is 6.48. The Labute approximate surface area is 189 Å². The Balaban J connectivity index is 1.53. The molecule has 0 unspecified atom stereocenters. The number of rotatable bonds is 6. The zero-order valence-electron chi connectivity index (χ0n) is 15.9. The summed E-state index contributed by atoms with van der Waals surface area (Å²) in [7, 11) is 0. The van der Waals surface area contributed by atoms with Crippen LogP contribution >= 0.6 is 34.8 Å². The molecule has 0 heterocycles. The van der Waals surface area contributed by atoms with E-state index in [-0.39, 0.29) is 11.0 Å². The SMILES string of the molecule is Cc1ccc(C(=O)NC(=S)Nc2cccc(OCCc3ccccc3)c2)cc1I. The average molecular weight is 516 g/mol. The second-order valence-corrected chi connectivity index (χ2v) is 8.05. The molecule has 3 aromatic rings. The van der Waals surface area contributed by atoms with Crippen LogP contribution in [-0.4, -0.2) is 17.6 Å². The summed E-state index contributed by atoms with van der Waals surface area (Å²) in [6.07, 6.45) is 0.836. The van der Waals surface area contributed by atoms with Crippen LogP contribution in [-0.2, 0) is 6.42 Å². The van der Waals surface area contributed by atoms with Crippen molar-refractivity contribution in [2.75, 3.05) is 11.9 Å². The Morgan fingerprint density at radius 2 is 1.83 bits per heavy atom. The third-order valence-corrected chi connectivity index (χ3v) is 5.62. The number of aryl methyl sites for hydroxylation is 1. The maximum Gasteiger partial charge on any atom is 0.257 e. The molecule has 3 aromatic carbocycles. The lowest BCUT2D eigenvalue weighted by atomic mass is 10.1. The summed E-state index contributed by atoms with van der Waals surface area (Å²) < 4.78 is 6.87. The summed E-state index contributed by atoms with van der Waals surface area (Å²) in [5.74, 6) is 0.504. The summed E-state index contributed by atoms with van der Waals surface area (Å²) in [5.41, 5.74) is 3.69. The molecule has 0 radical (unpaired) electrons. The number of hydrogen-bond donors (Lipinski definition) is 2. The highest BCUT2D eigenvalue weighted by atomic mass is 127. The third-order valence-electron chi connectivity index (χ3n) is 4.26. The van der Waals surface area contributed by atoms with Crippen LogP contribution in [0.1, 0.15) is 21.5 Å². The Morgan fingerprint density at radius 1 is 1.03 bits per heavy atom. The van der Waals surface area contributed by atoms with Gasteiger partial charge in [0, 0.05) is 27.3 Å². The van der Waals surface area contributed by atoms with Crippen molar-refractivity contribution in [3.8, 4) is 5.75 Å². The fourth-order valence-electron chi connectivity index (χ4n) is 2.67. The van der Waals surface area contributed by atoms with Gasteiger partial charge in [-0.3, -0.25) is 10.1 Å². The average Bonchev–Trinajstić information content (AvgIpc) is 2.71. The first-order chi connectivity index (χ1) is 14.0. The molecular weight excluding hydrogens is 495 g/mol. The van der Waals surface area contributed by atoms with E-state index in [1.165, 1.54) is 5.56 Å². The minimum atomic E-state index is -0.240. The van der Waals surface area contributed by atoms with E-state index in [0.29, 0.717) is 12.2 Å². The molecule has 0 aromatic heterocycles. The van der Waals surface area contributed by atoms with Gasteiger partial charge < -0.3 is 10.1 Å². The number of ether oxygens (including phenoxy) is 1. The maximum absolute atomic E-state index is 12.4. The van der Waals surface area contributed by atoms with Gasteiger partial charge in [-0.1, -0.05) is 42.5 Å². The van der Waals surface area contributed by atoms with Gasteiger partial charge in [-0.05, 0) is 77.1 Å². The van der Waals surface area contributed by atoms with Gasteiger partial charge in [0.1, 0.15) is 5.75 Å². The molecule has 3 rings (SSSR count). The highest BCUT2D eigenvalue weighted by Crippen LogP contribution is 2.18. The standard InChI is InChI=1S/C23H21IN2O2S/c1-16-10-11-18(14-21(16)24)22(27)26-23(29)25-19-8-5-9-20(15-19)28-13-12-17-6-3-2-4-7-17/h2-11,14-15H,12-13H2,1H3,(H2,25,26,27,29). The molecule has 0 bridgehead atoms. The van der Waals surface area contributed by atoms with Crippen LogP contribution in [0.5, 0.6) is 5.75 Å². The Hall–Kier alpha value is -2.45. The van der Waals surface area contributed by atoms with Crippen LogP contribution < -0.4 is 15.4 Å². The molecular formula is C23H21IN2O2S. The first-order valence-electron chi connectivity index (χ1n) is 9.16. The molecule has 0 fully saturated rings. The normalized spacial score (nSPS) is 10.3. The molecule has 2 N–H and O–H groups in total. The van der Waals surface area contributed by atoms with E-state index in [4.69, 9.17) is 17.0 Å². The van der Waals surface area contributed by atoms with Crippen LogP contribution in [0, 0.1) is 10.5 Å². The predicted octanol–water partition coefficient (Wildman–Crippen LogP) is 5.35. The third kappa shape index (κ3) is 6.54. The van der Waals surface area contributed by atoms with E-state index in [1.54, 1.807) is 6.07 Å². The van der Waals surface area contributed by atoms with Gasteiger partial charge in [0.2, 0.25) is 0 Å². The highest BCUT2D eigenvalue weighted by molar-refractivity contribution is 14.1. The quantitative estimate of drug-likeness (QED) is 0.343. The van der Waals surface area contributed by atoms with E-state index >= 15 is 0 Å². The molecule has 0 aliphatic heterocycles. The zero-order chi connectivity index (χ0) is 20.6. The lowest BCUT2D eigenvalue weighted by Crippen LogP contribution is -2.34. The number of halogens is 1. The molecule has 4 nitrogen and oxygen atoms in total. The van der Waals surface area contributed by atoms with Crippen molar-refractivity contribution in [2.45, 2.75) is 13.3 Å². The van der Waals surface area contributed by atoms with E-state index < -0.39 is 0 Å². The van der Waals surface area contributed by atoms with Crippen LogP contribution in [0.4, 0.5) is 5.69 Å². The van der Waals surface area contributed by atoms with E-state index in [2.05, 4.69) is 45.4 Å². The minimum absolute atomic E-state index is 0.240. The summed E-state index contributed by atoms with van der Waals surface area (Å²) in [6, 6.07) is 23.3. The van der Waals surface area contributed by atoms with Crippen molar-refractivity contribution in [3.05, 3.63) is 93.1 Å². The Bertz CT molecular complexity index is 1010. The van der Waals surface area contributed by atoms with Crippen molar-refractivity contribution >= 4 is 51.5 Å². The molecule has 0 aliphatic rings. The summed E-state index contributed by atoms with van der Waals surface area (Å²) in [5, 5.41) is 5.99. The van der Waals surface area contributed by atoms with E-state index in [9.17, 15) is 4.79 Å². The van der Waals surface area contributed by atoms with Crippen LogP contribution in [0.15, 0.2) is 72.8 Å². The van der Waals surface area contributed by atoms with Gasteiger partial charge >= 0.3 is 0 Å². The summed E-state index contributed by atoms with van der Waals surface area (Å²) in [6.45, 7) is 2.59. The smallest absolute Gasteiger partial charge is 0.257 e. The topological polar surface area (TPSA) is 50.4 Å². The minimum Gasteiger partial charge on any atom is -0.493 e. The first-order valence-corrected chi connectivity index (χ1v) is 10.7. The largest absolute Gasteiger partial charge is 0.493 e. The van der Waals surface area contributed by atoms with Crippen molar-refractivity contribution in [2.24, 2.45) is 0 Å². The van der Waals surface area contributed by atoms with Crippen molar-refractivity contribution in [1.29, 1.82) is 0 Å².